The first-order chi connectivity index (χ1) is 18.0. The maximum absolute atomic E-state index is 13.6. The quantitative estimate of drug-likeness (QED) is 0.158. The molecule has 0 bridgehead atoms. The lowest BCUT2D eigenvalue weighted by molar-refractivity contribution is -0.120. The highest BCUT2D eigenvalue weighted by Gasteiger charge is 2.39. The van der Waals surface area contributed by atoms with Crippen molar-refractivity contribution in [2.75, 3.05) is 78.1 Å². The number of hydrogen-bond donors (Lipinski definition) is 5. The number of nitrogens with zero attached hydrogens (tertiary/aromatic N) is 2. The normalized spacial score (nSPS) is 12.3. The van der Waals surface area contributed by atoms with Crippen molar-refractivity contribution in [2.24, 2.45) is 0 Å². The molecule has 0 heterocycles. The predicted octanol–water partition coefficient (Wildman–Crippen LogP) is -0.215. The second kappa shape index (κ2) is 12.4. The Morgan fingerprint density at radius 2 is 1.18 bits per heavy atom. The van der Waals surface area contributed by atoms with Crippen LogP contribution >= 0.6 is 0 Å². The van der Waals surface area contributed by atoms with E-state index in [4.69, 9.17) is 5.11 Å². The average molecular weight is 528 g/mol. The van der Waals surface area contributed by atoms with Gasteiger partial charge < -0.3 is 41.3 Å². The number of aromatic hydroxyl groups is 1. The van der Waals surface area contributed by atoms with Gasteiger partial charge in [0.2, 0.25) is 23.4 Å². The van der Waals surface area contributed by atoms with Gasteiger partial charge in [-0.15, -0.1) is 0 Å². The summed E-state index contributed by atoms with van der Waals surface area (Å²) in [6, 6.07) is 5.52. The minimum atomic E-state index is -0.657. The van der Waals surface area contributed by atoms with E-state index >= 15 is 0 Å². The highest BCUT2D eigenvalue weighted by molar-refractivity contribution is 6.33. The Morgan fingerprint density at radius 1 is 0.737 bits per heavy atom. The molecule has 204 valence electrons. The smallest absolute Gasteiger partial charge is 0.266 e. The van der Waals surface area contributed by atoms with Crippen LogP contribution in [-0.2, 0) is 9.59 Å². The number of likely N-dealkylation sites (N-methyl/N-ethyl adjacent to an activating group) is 2. The van der Waals surface area contributed by atoms with Gasteiger partial charge in [-0.05, 0) is 46.4 Å². The third-order valence-electron chi connectivity index (χ3n) is 5.94. The zero-order chi connectivity index (χ0) is 28.0. The van der Waals surface area contributed by atoms with E-state index in [9.17, 15) is 24.3 Å². The second-order valence-electron chi connectivity index (χ2n) is 9.46. The molecule has 38 heavy (non-hydrogen) atoms. The fraction of sp³-hybridized carbons (Fsp3) is 0.385. The molecule has 12 nitrogen and oxygen atoms in total. The Bertz CT molecular complexity index is 1150. The van der Waals surface area contributed by atoms with E-state index in [1.54, 1.807) is 0 Å². The molecule has 3 rings (SSSR count). The first-order valence-corrected chi connectivity index (χ1v) is 12.2. The maximum Gasteiger partial charge on any atom is 0.266 e. The fourth-order valence-electron chi connectivity index (χ4n) is 3.99. The Kier molecular flexibility index (Phi) is 9.26. The predicted molar refractivity (Wildman–Crippen MR) is 145 cm³/mol. The van der Waals surface area contributed by atoms with E-state index < -0.39 is 17.3 Å². The lowest BCUT2D eigenvalue weighted by Gasteiger charge is -2.23. The number of hydrogen-bond acceptors (Lipinski definition) is 9. The summed E-state index contributed by atoms with van der Waals surface area (Å²) in [5, 5.41) is 30.1. The van der Waals surface area contributed by atoms with Crippen molar-refractivity contribution in [2.45, 2.75) is 0 Å². The van der Waals surface area contributed by atoms with Crippen molar-refractivity contribution in [1.29, 1.82) is 0 Å². The fourth-order valence-corrected chi connectivity index (χ4v) is 3.99. The number of rotatable bonds is 12. The third kappa shape index (κ3) is 6.58. The van der Waals surface area contributed by atoms with Crippen LogP contribution in [-0.4, -0.2) is 111 Å². The number of amides is 2. The largest absolute Gasteiger partial charge is 0.593 e. The molecular weight excluding hydrogens is 492 g/mol. The number of carbonyl (C=O) groups is 4. The van der Waals surface area contributed by atoms with Crippen LogP contribution in [0.3, 0.4) is 0 Å². The van der Waals surface area contributed by atoms with Crippen LogP contribution < -0.4 is 21.3 Å². The summed E-state index contributed by atoms with van der Waals surface area (Å²) in [7, 11) is 7.54. The number of ketones is 2. The third-order valence-corrected chi connectivity index (χ3v) is 5.94. The number of phenolic OH excluding ortho intramolecular Hbond substituents is 1. The zero-order valence-corrected chi connectivity index (χ0v) is 22.0. The van der Waals surface area contributed by atoms with Crippen LogP contribution in [0.25, 0.3) is 0 Å². The molecule has 0 atom stereocenters. The van der Waals surface area contributed by atoms with Crippen molar-refractivity contribution >= 4 is 34.8 Å². The van der Waals surface area contributed by atoms with Crippen molar-refractivity contribution in [1.82, 2.24) is 20.4 Å². The molecule has 1 aliphatic rings. The molecule has 0 unspecified atom stereocenters. The lowest BCUT2D eigenvalue weighted by atomic mass is 9.81. The van der Waals surface area contributed by atoms with Crippen molar-refractivity contribution in [3.63, 3.8) is 0 Å². The summed E-state index contributed by atoms with van der Waals surface area (Å²) >= 11 is 0. The lowest BCUT2D eigenvalue weighted by Crippen LogP contribution is -2.35. The number of nitrogens with one attached hydrogen (secondary N) is 4. The van der Waals surface area contributed by atoms with Gasteiger partial charge in [-0.3, -0.25) is 19.2 Å². The zero-order valence-electron chi connectivity index (χ0n) is 22.0. The highest BCUT2D eigenvalue weighted by Crippen LogP contribution is 2.42. The van der Waals surface area contributed by atoms with Crippen molar-refractivity contribution < 1.29 is 29.4 Å². The van der Waals surface area contributed by atoms with Gasteiger partial charge >= 0.3 is 0 Å². The second-order valence-corrected chi connectivity index (χ2v) is 9.46. The van der Waals surface area contributed by atoms with Gasteiger partial charge in [0.05, 0.1) is 29.8 Å². The highest BCUT2D eigenvalue weighted by atomic mass is 16.3. The molecule has 1 aliphatic carbocycles. The minimum absolute atomic E-state index is 0.0787. The summed E-state index contributed by atoms with van der Waals surface area (Å²) in [5.41, 5.74) is -0.127. The molecule has 2 aromatic carbocycles. The molecule has 12 heteroatoms. The van der Waals surface area contributed by atoms with Gasteiger partial charge in [0.25, 0.3) is 5.75 Å². The van der Waals surface area contributed by atoms with E-state index in [2.05, 4.69) is 21.3 Å². The number of phenols is 1. The summed E-state index contributed by atoms with van der Waals surface area (Å²) < 4.78 is 0. The van der Waals surface area contributed by atoms with Gasteiger partial charge in [-0.2, -0.15) is 0 Å². The van der Waals surface area contributed by atoms with Crippen molar-refractivity contribution in [3.8, 4) is 11.5 Å². The molecule has 0 spiro atoms. The average Bonchev–Trinajstić information content (AvgIpc) is 2.85. The van der Waals surface area contributed by atoms with Gasteiger partial charge in [0, 0.05) is 43.6 Å². The molecule has 0 radical (unpaired) electrons. The van der Waals surface area contributed by atoms with Crippen LogP contribution in [0.15, 0.2) is 24.3 Å². The van der Waals surface area contributed by atoms with Gasteiger partial charge in [-0.25, -0.2) is 0 Å². The van der Waals surface area contributed by atoms with E-state index in [0.29, 0.717) is 26.2 Å². The van der Waals surface area contributed by atoms with E-state index in [0.717, 1.165) is 0 Å². The summed E-state index contributed by atoms with van der Waals surface area (Å²) in [4.78, 5) is 55.5. The number of fused-ring (bicyclic) bond motifs is 2. The molecule has 0 saturated heterocycles. The molecule has 0 aromatic heterocycles. The molecule has 7 N–H and O–H groups in total. The Hall–Kier alpha value is -4.16. The standard InChI is InChI=1S/C26H34N6O6/c1-31(2)11-9-27-19(35)13-29-15-5-7-17(33)23-21(15)25(37)24-18(34)8-6-16(22(24)26(23)38)30-14-20(36)28-10-12-32(3)4/h5-8,29-30,33-34H,9-14H2,1-4H3,(H,27,35)(H,28,36)/p+1. The molecule has 2 amide bonds. The monoisotopic (exact) mass is 527 g/mol. The SMILES string of the molecule is CN(C)CCNC(=O)CNc1ccc(O)c2c1C(=O)c1c([OH2+])ccc(NCC(=O)NCCN(C)C)c1C2=O. The van der Waals surface area contributed by atoms with Crippen LogP contribution in [0.4, 0.5) is 11.4 Å². The van der Waals surface area contributed by atoms with E-state index in [1.165, 1.54) is 24.3 Å². The van der Waals surface area contributed by atoms with Gasteiger partial charge in [0.1, 0.15) is 11.3 Å². The minimum Gasteiger partial charge on any atom is -0.593 e. The molecule has 0 aliphatic heterocycles. The Labute approximate surface area is 221 Å². The summed E-state index contributed by atoms with van der Waals surface area (Å²) in [6.45, 7) is 1.90. The maximum atomic E-state index is 13.6. The van der Waals surface area contributed by atoms with Gasteiger partial charge in [-0.1, -0.05) is 0 Å². The van der Waals surface area contributed by atoms with Crippen LogP contribution in [0.2, 0.25) is 0 Å². The number of carbonyl (C=O) groups excluding carboxylic acids is 4. The van der Waals surface area contributed by atoms with Gasteiger partial charge in [0.15, 0.2) is 0 Å². The van der Waals surface area contributed by atoms with E-state index in [1.807, 2.05) is 38.0 Å². The van der Waals surface area contributed by atoms with Crippen LogP contribution in [0.5, 0.6) is 11.5 Å². The number of anilines is 2. The van der Waals surface area contributed by atoms with E-state index in [-0.39, 0.29) is 64.3 Å². The summed E-state index contributed by atoms with van der Waals surface area (Å²) in [6.07, 6.45) is 0. The topological polar surface area (TPSA) is 166 Å². The first kappa shape index (κ1) is 28.4. The van der Waals surface area contributed by atoms with Crippen molar-refractivity contribution in [3.05, 3.63) is 46.5 Å². The molecule has 0 fully saturated rings. The molecule has 2 aromatic rings. The Balaban J connectivity index is 1.84. The molecule has 0 saturated carbocycles. The molecular formula is C26H35N6O6+. The summed E-state index contributed by atoms with van der Waals surface area (Å²) in [5.74, 6) is -2.46. The number of benzene rings is 2. The van der Waals surface area contributed by atoms with Crippen LogP contribution in [0.1, 0.15) is 31.8 Å². The van der Waals surface area contributed by atoms with Crippen LogP contribution in [0, 0.1) is 0 Å². The Morgan fingerprint density at radius 3 is 1.68 bits per heavy atom. The first-order valence-electron chi connectivity index (χ1n) is 12.2.